The SMILES string of the molecule is O=C(Nc1ccc2nc(NC(=O)c3ccco3)sc2c1)c1cccc(I)c1. The van der Waals surface area contributed by atoms with Crippen LogP contribution in [0, 0.1) is 3.57 Å². The van der Waals surface area contributed by atoms with Gasteiger partial charge < -0.3 is 9.73 Å². The van der Waals surface area contributed by atoms with Crippen molar-refractivity contribution in [3.05, 3.63) is 75.8 Å². The van der Waals surface area contributed by atoms with Crippen LogP contribution in [0.25, 0.3) is 10.2 Å². The molecule has 8 heteroatoms. The Labute approximate surface area is 171 Å². The Morgan fingerprint density at radius 3 is 2.67 bits per heavy atom. The number of anilines is 2. The molecule has 4 rings (SSSR count). The second kappa shape index (κ2) is 7.49. The van der Waals surface area contributed by atoms with Gasteiger partial charge in [0, 0.05) is 14.8 Å². The monoisotopic (exact) mass is 489 g/mol. The average Bonchev–Trinajstić information content (AvgIpc) is 3.30. The number of amides is 2. The number of carbonyl (C=O) groups is 2. The van der Waals surface area contributed by atoms with E-state index in [2.05, 4.69) is 38.2 Å². The summed E-state index contributed by atoms with van der Waals surface area (Å²) in [6, 6.07) is 16.0. The van der Waals surface area contributed by atoms with Crippen LogP contribution in [-0.2, 0) is 0 Å². The number of benzene rings is 2. The van der Waals surface area contributed by atoms with E-state index in [0.29, 0.717) is 16.4 Å². The van der Waals surface area contributed by atoms with Crippen LogP contribution < -0.4 is 10.6 Å². The summed E-state index contributed by atoms with van der Waals surface area (Å²) in [4.78, 5) is 28.8. The summed E-state index contributed by atoms with van der Waals surface area (Å²) in [7, 11) is 0. The predicted molar refractivity (Wildman–Crippen MR) is 113 cm³/mol. The summed E-state index contributed by atoms with van der Waals surface area (Å²) in [5.41, 5.74) is 2.00. The standard InChI is InChI=1S/C19H12IN3O3S/c20-12-4-1-3-11(9-12)17(24)21-13-6-7-14-16(10-13)27-19(22-14)23-18(25)15-5-2-8-26-15/h1-10H,(H,21,24)(H,22,23,25). The van der Waals surface area contributed by atoms with E-state index in [0.717, 1.165) is 13.8 Å². The van der Waals surface area contributed by atoms with Crippen LogP contribution in [0.1, 0.15) is 20.9 Å². The molecule has 4 aromatic rings. The molecule has 2 aromatic carbocycles. The lowest BCUT2D eigenvalue weighted by Crippen LogP contribution is -2.11. The smallest absolute Gasteiger partial charge is 0.293 e. The number of carbonyl (C=O) groups excluding carboxylic acids is 2. The topological polar surface area (TPSA) is 84.2 Å². The molecule has 2 heterocycles. The highest BCUT2D eigenvalue weighted by Gasteiger charge is 2.13. The van der Waals surface area contributed by atoms with E-state index < -0.39 is 0 Å². The van der Waals surface area contributed by atoms with E-state index >= 15 is 0 Å². The lowest BCUT2D eigenvalue weighted by molar-refractivity contribution is 0.0994. The van der Waals surface area contributed by atoms with Gasteiger partial charge >= 0.3 is 0 Å². The minimum atomic E-state index is -0.355. The molecule has 27 heavy (non-hydrogen) atoms. The van der Waals surface area contributed by atoms with Gasteiger partial charge in [0.05, 0.1) is 16.5 Å². The summed E-state index contributed by atoms with van der Waals surface area (Å²) in [5.74, 6) is -0.310. The first-order valence-electron chi connectivity index (χ1n) is 7.91. The number of hydrogen-bond acceptors (Lipinski definition) is 5. The number of halogens is 1. The van der Waals surface area contributed by atoms with Crippen molar-refractivity contribution in [1.29, 1.82) is 0 Å². The third-order valence-corrected chi connectivity index (χ3v) is 5.30. The second-order valence-electron chi connectivity index (χ2n) is 5.60. The summed E-state index contributed by atoms with van der Waals surface area (Å²) >= 11 is 3.49. The largest absolute Gasteiger partial charge is 0.459 e. The highest BCUT2D eigenvalue weighted by atomic mass is 127. The number of thiazole rings is 1. The third kappa shape index (κ3) is 4.01. The number of nitrogens with zero attached hydrogens (tertiary/aromatic N) is 1. The molecule has 0 aliphatic rings. The van der Waals surface area contributed by atoms with E-state index in [1.807, 2.05) is 24.3 Å². The molecule has 2 aromatic heterocycles. The maximum absolute atomic E-state index is 12.4. The molecule has 0 saturated heterocycles. The van der Waals surface area contributed by atoms with Crippen molar-refractivity contribution in [2.24, 2.45) is 0 Å². The van der Waals surface area contributed by atoms with Crippen molar-refractivity contribution in [1.82, 2.24) is 4.98 Å². The lowest BCUT2D eigenvalue weighted by Gasteiger charge is -2.05. The Bertz CT molecular complexity index is 1140. The maximum atomic E-state index is 12.4. The van der Waals surface area contributed by atoms with Crippen molar-refractivity contribution in [2.45, 2.75) is 0 Å². The molecule has 6 nitrogen and oxygen atoms in total. The molecule has 0 bridgehead atoms. The number of nitrogens with one attached hydrogen (secondary N) is 2. The van der Waals surface area contributed by atoms with Gasteiger partial charge in [-0.05, 0) is 71.1 Å². The van der Waals surface area contributed by atoms with Crippen LogP contribution in [0.5, 0.6) is 0 Å². The Morgan fingerprint density at radius 2 is 1.89 bits per heavy atom. The van der Waals surface area contributed by atoms with Crippen LogP contribution in [0.15, 0.2) is 65.3 Å². The van der Waals surface area contributed by atoms with E-state index in [4.69, 9.17) is 4.42 Å². The van der Waals surface area contributed by atoms with Crippen molar-refractivity contribution >= 4 is 66.8 Å². The van der Waals surface area contributed by atoms with Crippen molar-refractivity contribution in [3.8, 4) is 0 Å². The molecular formula is C19H12IN3O3S. The van der Waals surface area contributed by atoms with Crippen molar-refractivity contribution in [3.63, 3.8) is 0 Å². The van der Waals surface area contributed by atoms with Crippen LogP contribution in [0.4, 0.5) is 10.8 Å². The molecule has 0 spiro atoms. The number of fused-ring (bicyclic) bond motifs is 1. The molecule has 134 valence electrons. The van der Waals surface area contributed by atoms with Gasteiger partial charge in [-0.3, -0.25) is 14.9 Å². The van der Waals surface area contributed by atoms with Crippen LogP contribution >= 0.6 is 33.9 Å². The number of hydrogen-bond donors (Lipinski definition) is 2. The Balaban J connectivity index is 1.52. The van der Waals surface area contributed by atoms with Crippen LogP contribution in [0.2, 0.25) is 0 Å². The zero-order chi connectivity index (χ0) is 18.8. The summed E-state index contributed by atoms with van der Waals surface area (Å²) in [5, 5.41) is 6.06. The van der Waals surface area contributed by atoms with Crippen molar-refractivity contribution in [2.75, 3.05) is 10.6 Å². The van der Waals surface area contributed by atoms with Crippen LogP contribution in [-0.4, -0.2) is 16.8 Å². The first kappa shape index (κ1) is 17.7. The Hall–Kier alpha value is -2.72. The molecule has 0 unspecified atom stereocenters. The molecule has 2 N–H and O–H groups in total. The van der Waals surface area contributed by atoms with Gasteiger partial charge in [-0.1, -0.05) is 17.4 Å². The first-order valence-corrected chi connectivity index (χ1v) is 9.80. The summed E-state index contributed by atoms with van der Waals surface area (Å²) < 4.78 is 6.92. The minimum absolute atomic E-state index is 0.177. The normalized spacial score (nSPS) is 10.7. The van der Waals surface area contributed by atoms with Gasteiger partial charge in [0.15, 0.2) is 10.9 Å². The van der Waals surface area contributed by atoms with Gasteiger partial charge in [0.1, 0.15) is 0 Å². The van der Waals surface area contributed by atoms with E-state index in [1.54, 1.807) is 30.3 Å². The van der Waals surface area contributed by atoms with Gasteiger partial charge in [0.25, 0.3) is 11.8 Å². The Kier molecular flexibility index (Phi) is 4.90. The molecular weight excluding hydrogens is 477 g/mol. The molecule has 0 radical (unpaired) electrons. The maximum Gasteiger partial charge on any atom is 0.293 e. The quantitative estimate of drug-likeness (QED) is 0.396. The van der Waals surface area contributed by atoms with Gasteiger partial charge in [-0.15, -0.1) is 0 Å². The highest BCUT2D eigenvalue weighted by Crippen LogP contribution is 2.29. The number of furan rings is 1. The van der Waals surface area contributed by atoms with Crippen LogP contribution in [0.3, 0.4) is 0 Å². The summed E-state index contributed by atoms with van der Waals surface area (Å²) in [6.45, 7) is 0. The minimum Gasteiger partial charge on any atom is -0.459 e. The predicted octanol–water partition coefficient (Wildman–Crippen LogP) is 5.00. The molecule has 0 fully saturated rings. The fraction of sp³-hybridized carbons (Fsp3) is 0. The van der Waals surface area contributed by atoms with Gasteiger partial charge in [0.2, 0.25) is 0 Å². The average molecular weight is 489 g/mol. The fourth-order valence-corrected chi connectivity index (χ4v) is 3.90. The van der Waals surface area contributed by atoms with E-state index in [-0.39, 0.29) is 17.6 Å². The zero-order valence-electron chi connectivity index (χ0n) is 13.7. The number of rotatable bonds is 4. The Morgan fingerprint density at radius 1 is 1.00 bits per heavy atom. The molecule has 2 amide bonds. The molecule has 0 aliphatic carbocycles. The fourth-order valence-electron chi connectivity index (χ4n) is 2.46. The van der Waals surface area contributed by atoms with Crippen molar-refractivity contribution < 1.29 is 14.0 Å². The molecule has 0 aliphatic heterocycles. The van der Waals surface area contributed by atoms with E-state index in [1.165, 1.54) is 17.6 Å². The van der Waals surface area contributed by atoms with Gasteiger partial charge in [-0.2, -0.15) is 0 Å². The third-order valence-electron chi connectivity index (χ3n) is 3.70. The second-order valence-corrected chi connectivity index (χ2v) is 7.87. The number of aromatic nitrogens is 1. The lowest BCUT2D eigenvalue weighted by atomic mass is 10.2. The van der Waals surface area contributed by atoms with E-state index in [9.17, 15) is 9.59 Å². The molecule has 0 saturated carbocycles. The first-order chi connectivity index (χ1) is 13.1. The highest BCUT2D eigenvalue weighted by molar-refractivity contribution is 14.1. The molecule has 0 atom stereocenters. The zero-order valence-corrected chi connectivity index (χ0v) is 16.7. The summed E-state index contributed by atoms with van der Waals surface area (Å²) in [6.07, 6.45) is 1.44. The van der Waals surface area contributed by atoms with Gasteiger partial charge in [-0.25, -0.2) is 4.98 Å².